The molecule has 168 valence electrons. The lowest BCUT2D eigenvalue weighted by molar-refractivity contribution is -0.137. The van der Waals surface area contributed by atoms with Gasteiger partial charge < -0.3 is 5.32 Å². The van der Waals surface area contributed by atoms with Crippen LogP contribution >= 0.6 is 23.4 Å². The maximum Gasteiger partial charge on any atom is 0.417 e. The van der Waals surface area contributed by atoms with Gasteiger partial charge in [0, 0.05) is 17.6 Å². The standard InChI is InChI=1S/C20H16ClF3N4O2S2/c1-2-25-19(29)17-9-13(7-8-26-17)31-18-6-3-12(11-27-18)28-32(30)14-4-5-16(21)15(10-14)20(22,23)24/h3-11,28H,2H2,1H3,(H,25,29). The molecule has 0 bridgehead atoms. The average molecular weight is 501 g/mol. The molecule has 1 amide bonds. The molecule has 2 heterocycles. The van der Waals surface area contributed by atoms with Crippen molar-refractivity contribution in [1.29, 1.82) is 0 Å². The van der Waals surface area contributed by atoms with Gasteiger partial charge in [0.15, 0.2) is 0 Å². The Morgan fingerprint density at radius 2 is 1.94 bits per heavy atom. The van der Waals surface area contributed by atoms with Gasteiger partial charge in [0.2, 0.25) is 0 Å². The molecule has 2 N–H and O–H groups in total. The average Bonchev–Trinajstić information content (AvgIpc) is 2.75. The Kier molecular flexibility index (Phi) is 7.75. The highest BCUT2D eigenvalue weighted by molar-refractivity contribution is 7.99. The van der Waals surface area contributed by atoms with Crippen molar-refractivity contribution in [1.82, 2.24) is 15.3 Å². The van der Waals surface area contributed by atoms with Gasteiger partial charge in [0.1, 0.15) is 21.7 Å². The predicted molar refractivity (Wildman–Crippen MR) is 117 cm³/mol. The van der Waals surface area contributed by atoms with Crippen LogP contribution in [-0.2, 0) is 17.2 Å². The summed E-state index contributed by atoms with van der Waals surface area (Å²) in [7, 11) is -1.95. The van der Waals surface area contributed by atoms with E-state index >= 15 is 0 Å². The topological polar surface area (TPSA) is 84.0 Å². The number of amides is 1. The third-order valence-corrected chi connectivity index (χ3v) is 6.30. The molecule has 12 heteroatoms. The van der Waals surface area contributed by atoms with Crippen molar-refractivity contribution in [2.75, 3.05) is 11.3 Å². The van der Waals surface area contributed by atoms with Gasteiger partial charge in [-0.25, -0.2) is 9.19 Å². The zero-order valence-corrected chi connectivity index (χ0v) is 18.8. The van der Waals surface area contributed by atoms with E-state index in [1.807, 2.05) is 6.92 Å². The number of pyridine rings is 2. The highest BCUT2D eigenvalue weighted by atomic mass is 35.5. The van der Waals surface area contributed by atoms with E-state index < -0.39 is 27.7 Å². The monoisotopic (exact) mass is 500 g/mol. The number of benzene rings is 1. The number of nitrogens with one attached hydrogen (secondary N) is 2. The number of anilines is 1. The minimum absolute atomic E-state index is 0.0742. The first-order valence-electron chi connectivity index (χ1n) is 9.10. The Hall–Kier alpha value is -2.63. The number of carbonyl (C=O) groups excluding carboxylic acids is 1. The number of carbonyl (C=O) groups is 1. The summed E-state index contributed by atoms with van der Waals surface area (Å²) in [5.41, 5.74) is -0.415. The minimum Gasteiger partial charge on any atom is -0.351 e. The molecule has 0 saturated carbocycles. The van der Waals surface area contributed by atoms with Gasteiger partial charge in [-0.05, 0) is 49.4 Å². The maximum atomic E-state index is 13.0. The number of hydrogen-bond donors (Lipinski definition) is 2. The molecule has 6 nitrogen and oxygen atoms in total. The van der Waals surface area contributed by atoms with Crippen molar-refractivity contribution in [2.45, 2.75) is 27.9 Å². The van der Waals surface area contributed by atoms with Crippen LogP contribution < -0.4 is 10.0 Å². The number of rotatable bonds is 7. The van der Waals surface area contributed by atoms with Crippen LogP contribution in [0.5, 0.6) is 0 Å². The Balaban J connectivity index is 1.68. The molecule has 1 aromatic carbocycles. The van der Waals surface area contributed by atoms with Crippen LogP contribution in [0.1, 0.15) is 23.0 Å². The molecule has 0 fully saturated rings. The summed E-state index contributed by atoms with van der Waals surface area (Å²) in [5.74, 6) is -0.277. The van der Waals surface area contributed by atoms with E-state index in [0.29, 0.717) is 17.3 Å². The molecule has 0 aliphatic heterocycles. The summed E-state index contributed by atoms with van der Waals surface area (Å²) < 4.78 is 54.1. The van der Waals surface area contributed by atoms with Gasteiger partial charge in [-0.1, -0.05) is 23.4 Å². The third-order valence-electron chi connectivity index (χ3n) is 3.93. The fraction of sp³-hybridized carbons (Fsp3) is 0.150. The quantitative estimate of drug-likeness (QED) is 0.467. The number of hydrogen-bond acceptors (Lipinski definition) is 5. The van der Waals surface area contributed by atoms with Gasteiger partial charge in [-0.2, -0.15) is 13.2 Å². The summed E-state index contributed by atoms with van der Waals surface area (Å²) in [6.45, 7) is 2.30. The molecule has 1 unspecified atom stereocenters. The molecular formula is C20H16ClF3N4O2S2. The second kappa shape index (κ2) is 10.3. The predicted octanol–water partition coefficient (Wildman–Crippen LogP) is 5.18. The van der Waals surface area contributed by atoms with Crippen molar-refractivity contribution >= 4 is 45.9 Å². The Morgan fingerprint density at radius 3 is 2.59 bits per heavy atom. The van der Waals surface area contributed by atoms with Crippen molar-refractivity contribution in [2.24, 2.45) is 0 Å². The Labute approximate surface area is 193 Å². The lowest BCUT2D eigenvalue weighted by atomic mass is 10.2. The number of aromatic nitrogens is 2. The first kappa shape index (κ1) is 24.0. The summed E-state index contributed by atoms with van der Waals surface area (Å²) in [6.07, 6.45) is -1.72. The van der Waals surface area contributed by atoms with E-state index in [-0.39, 0.29) is 16.5 Å². The summed E-state index contributed by atoms with van der Waals surface area (Å²) in [5, 5.41) is 2.81. The van der Waals surface area contributed by atoms with E-state index in [4.69, 9.17) is 11.6 Å². The van der Waals surface area contributed by atoms with E-state index in [2.05, 4.69) is 20.0 Å². The van der Waals surface area contributed by atoms with Crippen LogP contribution in [0.15, 0.2) is 69.7 Å². The number of halogens is 4. The molecule has 0 spiro atoms. The minimum atomic E-state index is -4.65. The summed E-state index contributed by atoms with van der Waals surface area (Å²) in [4.78, 5) is 20.9. The molecule has 0 saturated heterocycles. The Morgan fingerprint density at radius 1 is 1.16 bits per heavy atom. The smallest absolute Gasteiger partial charge is 0.351 e. The first-order valence-corrected chi connectivity index (χ1v) is 11.4. The van der Waals surface area contributed by atoms with E-state index in [9.17, 15) is 22.2 Å². The van der Waals surface area contributed by atoms with Crippen LogP contribution in [0.3, 0.4) is 0 Å². The highest BCUT2D eigenvalue weighted by Crippen LogP contribution is 2.35. The lowest BCUT2D eigenvalue weighted by Crippen LogP contribution is -2.23. The van der Waals surface area contributed by atoms with Gasteiger partial charge in [0.25, 0.3) is 5.91 Å². The molecule has 0 aliphatic carbocycles. The Bertz CT molecular complexity index is 1140. The SMILES string of the molecule is CCNC(=O)c1cc(Sc2ccc(NS(=O)c3ccc(Cl)c(C(F)(F)F)c3)cn2)ccn1. The van der Waals surface area contributed by atoms with E-state index in [1.165, 1.54) is 30.2 Å². The van der Waals surface area contributed by atoms with Crippen molar-refractivity contribution in [3.8, 4) is 0 Å². The number of nitrogens with zero attached hydrogens (tertiary/aromatic N) is 2. The zero-order chi connectivity index (χ0) is 23.3. The van der Waals surface area contributed by atoms with Gasteiger partial charge in [-0.3, -0.25) is 14.5 Å². The fourth-order valence-electron chi connectivity index (χ4n) is 2.47. The molecule has 0 aliphatic rings. The van der Waals surface area contributed by atoms with Crippen molar-refractivity contribution in [3.05, 3.63) is 71.1 Å². The van der Waals surface area contributed by atoms with Crippen LogP contribution in [0.4, 0.5) is 18.9 Å². The lowest BCUT2D eigenvalue weighted by Gasteiger charge is -2.11. The highest BCUT2D eigenvalue weighted by Gasteiger charge is 2.33. The van der Waals surface area contributed by atoms with Crippen LogP contribution in [0.25, 0.3) is 0 Å². The fourth-order valence-corrected chi connectivity index (χ4v) is 4.35. The molecule has 3 rings (SSSR count). The van der Waals surface area contributed by atoms with Crippen LogP contribution in [0, 0.1) is 0 Å². The largest absolute Gasteiger partial charge is 0.417 e. The molecular weight excluding hydrogens is 485 g/mol. The second-order valence-electron chi connectivity index (χ2n) is 6.23. The molecule has 1 atom stereocenters. The van der Waals surface area contributed by atoms with Gasteiger partial charge in [-0.15, -0.1) is 0 Å². The summed E-state index contributed by atoms with van der Waals surface area (Å²) in [6, 6.07) is 9.68. The van der Waals surface area contributed by atoms with E-state index in [1.54, 1.807) is 24.3 Å². The normalized spacial score (nSPS) is 12.3. The molecule has 32 heavy (non-hydrogen) atoms. The molecule has 2 aromatic heterocycles. The van der Waals surface area contributed by atoms with Crippen molar-refractivity contribution < 1.29 is 22.2 Å². The zero-order valence-electron chi connectivity index (χ0n) is 16.4. The summed E-state index contributed by atoms with van der Waals surface area (Å²) >= 11 is 6.89. The van der Waals surface area contributed by atoms with Gasteiger partial charge >= 0.3 is 6.18 Å². The second-order valence-corrected chi connectivity index (χ2v) is 8.95. The molecule has 0 radical (unpaired) electrons. The molecule has 3 aromatic rings. The van der Waals surface area contributed by atoms with Crippen LogP contribution in [0.2, 0.25) is 5.02 Å². The van der Waals surface area contributed by atoms with Gasteiger partial charge in [0.05, 0.1) is 27.4 Å². The number of alkyl halides is 3. The maximum absolute atomic E-state index is 13.0. The van der Waals surface area contributed by atoms with E-state index in [0.717, 1.165) is 17.0 Å². The third kappa shape index (κ3) is 6.21. The van der Waals surface area contributed by atoms with Crippen LogP contribution in [-0.4, -0.2) is 26.6 Å². The van der Waals surface area contributed by atoms with Crippen molar-refractivity contribution in [3.63, 3.8) is 0 Å². The first-order chi connectivity index (χ1) is 15.2.